The fourth-order valence-corrected chi connectivity index (χ4v) is 0.200. The SMILES string of the molecule is C=C(C#N)CI. The van der Waals surface area contributed by atoms with Crippen LogP contribution in [0.4, 0.5) is 0 Å². The average molecular weight is 193 g/mol. The Bertz CT molecular complexity index is 90.2. The molecule has 0 atom stereocenters. The van der Waals surface area contributed by atoms with Crippen molar-refractivity contribution >= 4 is 22.6 Å². The van der Waals surface area contributed by atoms with Crippen LogP contribution in [-0.2, 0) is 0 Å². The van der Waals surface area contributed by atoms with E-state index in [-0.39, 0.29) is 0 Å². The molecule has 0 aliphatic heterocycles. The first-order chi connectivity index (χ1) is 2.81. The summed E-state index contributed by atoms with van der Waals surface area (Å²) in [6.07, 6.45) is 0. The first-order valence-corrected chi connectivity index (χ1v) is 2.97. The van der Waals surface area contributed by atoms with E-state index in [4.69, 9.17) is 5.26 Å². The summed E-state index contributed by atoms with van der Waals surface area (Å²) in [4.78, 5) is 0. The third-order valence-electron chi connectivity index (χ3n) is 0.319. The Morgan fingerprint density at radius 1 is 2.00 bits per heavy atom. The largest absolute Gasteiger partial charge is 0.193 e. The molecule has 0 saturated heterocycles. The van der Waals surface area contributed by atoms with Crippen molar-refractivity contribution in [1.29, 1.82) is 5.26 Å². The highest BCUT2D eigenvalue weighted by Crippen LogP contribution is 1.91. The molecule has 0 heterocycles. The van der Waals surface area contributed by atoms with E-state index in [2.05, 4.69) is 29.2 Å². The van der Waals surface area contributed by atoms with Crippen LogP contribution in [0.2, 0.25) is 0 Å². The van der Waals surface area contributed by atoms with Crippen molar-refractivity contribution in [2.45, 2.75) is 0 Å². The highest BCUT2D eigenvalue weighted by Gasteiger charge is 1.78. The molecule has 2 heteroatoms. The maximum absolute atomic E-state index is 7.98. The molecule has 0 aliphatic rings. The number of rotatable bonds is 1. The smallest absolute Gasteiger partial charge is 0.0949 e. The molecule has 0 aromatic heterocycles. The second-order valence-corrected chi connectivity index (χ2v) is 1.61. The second-order valence-electron chi connectivity index (χ2n) is 0.849. The third-order valence-corrected chi connectivity index (χ3v) is 1.24. The molecule has 0 radical (unpaired) electrons. The lowest BCUT2D eigenvalue weighted by molar-refractivity contribution is 1.48. The predicted octanol–water partition coefficient (Wildman–Crippen LogP) is 1.50. The van der Waals surface area contributed by atoms with Crippen molar-refractivity contribution in [2.75, 3.05) is 4.43 Å². The fourth-order valence-electron chi connectivity index (χ4n) is 0.0299. The zero-order valence-electron chi connectivity index (χ0n) is 3.24. The summed E-state index contributed by atoms with van der Waals surface area (Å²) >= 11 is 2.09. The fraction of sp³-hybridized carbons (Fsp3) is 0.250. The molecule has 0 aromatic rings. The van der Waals surface area contributed by atoms with Gasteiger partial charge in [0, 0.05) is 10.0 Å². The quantitative estimate of drug-likeness (QED) is 0.351. The molecule has 0 unspecified atom stereocenters. The van der Waals surface area contributed by atoms with E-state index in [1.54, 1.807) is 0 Å². The van der Waals surface area contributed by atoms with Crippen LogP contribution in [0.25, 0.3) is 0 Å². The van der Waals surface area contributed by atoms with Gasteiger partial charge in [-0.15, -0.1) is 0 Å². The number of allylic oxidation sites excluding steroid dienone is 1. The summed E-state index contributed by atoms with van der Waals surface area (Å²) in [5, 5.41) is 7.98. The number of halogens is 1. The van der Waals surface area contributed by atoms with Crippen LogP contribution >= 0.6 is 22.6 Å². The van der Waals surface area contributed by atoms with Gasteiger partial charge in [0.15, 0.2) is 0 Å². The van der Waals surface area contributed by atoms with Gasteiger partial charge in [-0.3, -0.25) is 0 Å². The second kappa shape index (κ2) is 3.16. The Balaban J connectivity index is 3.33. The van der Waals surface area contributed by atoms with Crippen LogP contribution in [0.3, 0.4) is 0 Å². The molecule has 1 nitrogen and oxygen atoms in total. The maximum atomic E-state index is 7.98. The molecule has 0 aliphatic carbocycles. The van der Waals surface area contributed by atoms with Crippen molar-refractivity contribution in [2.24, 2.45) is 0 Å². The zero-order chi connectivity index (χ0) is 4.99. The van der Waals surface area contributed by atoms with Gasteiger partial charge in [-0.1, -0.05) is 29.2 Å². The summed E-state index contributed by atoms with van der Waals surface area (Å²) in [5.41, 5.74) is 0.635. The molecular formula is C4H4IN. The van der Waals surface area contributed by atoms with Gasteiger partial charge in [0.1, 0.15) is 0 Å². The van der Waals surface area contributed by atoms with Gasteiger partial charge in [-0.25, -0.2) is 0 Å². The van der Waals surface area contributed by atoms with Gasteiger partial charge >= 0.3 is 0 Å². The number of hydrogen-bond donors (Lipinski definition) is 0. The summed E-state index contributed by atoms with van der Waals surface area (Å²) in [6.45, 7) is 3.42. The molecule has 0 N–H and O–H groups in total. The molecule has 0 aromatic carbocycles. The molecule has 0 rings (SSSR count). The summed E-state index contributed by atoms with van der Waals surface area (Å²) in [6, 6.07) is 1.91. The van der Waals surface area contributed by atoms with E-state index in [1.807, 2.05) is 6.07 Å². The van der Waals surface area contributed by atoms with Crippen LogP contribution in [0.15, 0.2) is 12.2 Å². The predicted molar refractivity (Wildman–Crippen MR) is 33.6 cm³/mol. The average Bonchev–Trinajstić information content (AvgIpc) is 1.65. The van der Waals surface area contributed by atoms with Crippen molar-refractivity contribution in [3.05, 3.63) is 12.2 Å². The number of alkyl halides is 1. The minimum absolute atomic E-state index is 0.635. The Morgan fingerprint density at radius 2 is 2.50 bits per heavy atom. The summed E-state index contributed by atoms with van der Waals surface area (Å²) in [7, 11) is 0. The molecular weight excluding hydrogens is 189 g/mol. The Kier molecular flexibility index (Phi) is 3.14. The monoisotopic (exact) mass is 193 g/mol. The van der Waals surface area contributed by atoms with Crippen molar-refractivity contribution in [1.82, 2.24) is 0 Å². The lowest BCUT2D eigenvalue weighted by Crippen LogP contribution is -1.69. The van der Waals surface area contributed by atoms with E-state index in [9.17, 15) is 0 Å². The zero-order valence-corrected chi connectivity index (χ0v) is 5.40. The molecule has 0 saturated carbocycles. The van der Waals surface area contributed by atoms with Gasteiger partial charge in [0.25, 0.3) is 0 Å². The van der Waals surface area contributed by atoms with E-state index in [0.717, 1.165) is 4.43 Å². The highest BCUT2D eigenvalue weighted by molar-refractivity contribution is 14.1. The molecule has 0 spiro atoms. The molecule has 6 heavy (non-hydrogen) atoms. The Morgan fingerprint density at radius 3 is 2.50 bits per heavy atom. The normalized spacial score (nSPS) is 6.67. The van der Waals surface area contributed by atoms with Crippen LogP contribution in [0, 0.1) is 11.3 Å². The van der Waals surface area contributed by atoms with E-state index in [1.165, 1.54) is 0 Å². The minimum atomic E-state index is 0.635. The molecule has 0 fully saturated rings. The lowest BCUT2D eigenvalue weighted by Gasteiger charge is -1.74. The summed E-state index contributed by atoms with van der Waals surface area (Å²) < 4.78 is 0.744. The summed E-state index contributed by atoms with van der Waals surface area (Å²) in [5.74, 6) is 0. The van der Waals surface area contributed by atoms with Gasteiger partial charge in [0.2, 0.25) is 0 Å². The molecule has 0 amide bonds. The molecule has 32 valence electrons. The van der Waals surface area contributed by atoms with Gasteiger partial charge in [-0.05, 0) is 0 Å². The Hall–Kier alpha value is -0.0400. The van der Waals surface area contributed by atoms with E-state index >= 15 is 0 Å². The van der Waals surface area contributed by atoms with Gasteiger partial charge in [0.05, 0.1) is 6.07 Å². The van der Waals surface area contributed by atoms with Gasteiger partial charge in [-0.2, -0.15) is 5.26 Å². The third kappa shape index (κ3) is 2.21. The maximum Gasteiger partial charge on any atom is 0.0949 e. The first-order valence-electron chi connectivity index (χ1n) is 1.45. The number of nitriles is 1. The van der Waals surface area contributed by atoms with Crippen LogP contribution in [0.1, 0.15) is 0 Å². The van der Waals surface area contributed by atoms with E-state index < -0.39 is 0 Å². The first kappa shape index (κ1) is 5.96. The topological polar surface area (TPSA) is 23.8 Å². The standard InChI is InChI=1S/C4H4IN/c1-4(2-5)3-6/h1-2H2. The number of hydrogen-bond acceptors (Lipinski definition) is 1. The minimum Gasteiger partial charge on any atom is -0.193 e. The van der Waals surface area contributed by atoms with Crippen molar-refractivity contribution in [3.8, 4) is 6.07 Å². The van der Waals surface area contributed by atoms with Crippen LogP contribution in [-0.4, -0.2) is 4.43 Å². The van der Waals surface area contributed by atoms with Crippen molar-refractivity contribution in [3.63, 3.8) is 0 Å². The number of nitrogens with zero attached hydrogens (tertiary/aromatic N) is 1. The highest BCUT2D eigenvalue weighted by atomic mass is 127. The van der Waals surface area contributed by atoms with Crippen LogP contribution in [0.5, 0.6) is 0 Å². The molecule has 0 bridgehead atoms. The Labute approximate surface area is 50.8 Å². The van der Waals surface area contributed by atoms with Gasteiger partial charge < -0.3 is 0 Å². The van der Waals surface area contributed by atoms with Crippen molar-refractivity contribution < 1.29 is 0 Å². The van der Waals surface area contributed by atoms with E-state index in [0.29, 0.717) is 5.57 Å². The lowest BCUT2D eigenvalue weighted by atomic mass is 10.4. The van der Waals surface area contributed by atoms with Crippen LogP contribution < -0.4 is 0 Å².